The third kappa shape index (κ3) is 4.14. The minimum absolute atomic E-state index is 0.105. The van der Waals surface area contributed by atoms with Crippen molar-refractivity contribution in [2.45, 2.75) is 19.3 Å². The molecule has 2 rings (SSSR count). The van der Waals surface area contributed by atoms with Crippen LogP contribution >= 0.6 is 27.3 Å². The van der Waals surface area contributed by atoms with E-state index in [4.69, 9.17) is 0 Å². The van der Waals surface area contributed by atoms with Crippen LogP contribution in [0.4, 0.5) is 18.9 Å². The van der Waals surface area contributed by atoms with Crippen molar-refractivity contribution < 1.29 is 17.9 Å². The zero-order valence-electron chi connectivity index (χ0n) is 10.4. The first-order valence-corrected chi connectivity index (χ1v) is 7.37. The zero-order chi connectivity index (χ0) is 14.8. The molecule has 20 heavy (non-hydrogen) atoms. The number of anilines is 1. The second-order valence-electron chi connectivity index (χ2n) is 4.07. The molecule has 1 heterocycles. The molecule has 0 spiro atoms. The van der Waals surface area contributed by atoms with Crippen molar-refractivity contribution in [2.75, 3.05) is 5.32 Å². The molecule has 1 aromatic carbocycles. The molecule has 0 aliphatic heterocycles. The maximum absolute atomic E-state index is 12.4. The lowest BCUT2D eigenvalue weighted by Gasteiger charge is -2.18. The first-order valence-electron chi connectivity index (χ1n) is 5.70. The number of halogens is 4. The minimum atomic E-state index is -4.72. The van der Waals surface area contributed by atoms with Gasteiger partial charge in [-0.05, 0) is 36.6 Å². The lowest BCUT2D eigenvalue weighted by Crippen LogP contribution is -2.18. The van der Waals surface area contributed by atoms with Crippen molar-refractivity contribution in [3.63, 3.8) is 0 Å². The number of hydrogen-bond acceptors (Lipinski definition) is 3. The number of ether oxygens (including phenoxy) is 1. The van der Waals surface area contributed by atoms with Crippen LogP contribution in [0.5, 0.6) is 5.75 Å². The van der Waals surface area contributed by atoms with Crippen molar-refractivity contribution >= 4 is 33.0 Å². The molecule has 7 heteroatoms. The highest BCUT2D eigenvalue weighted by atomic mass is 79.9. The Morgan fingerprint density at radius 1 is 1.30 bits per heavy atom. The second-order valence-corrected chi connectivity index (χ2v) is 5.96. The van der Waals surface area contributed by atoms with Crippen molar-refractivity contribution in [1.29, 1.82) is 0 Å². The first-order chi connectivity index (χ1) is 9.35. The summed E-state index contributed by atoms with van der Waals surface area (Å²) in [5.74, 6) is -0.254. The van der Waals surface area contributed by atoms with E-state index >= 15 is 0 Å². The van der Waals surface area contributed by atoms with E-state index in [0.717, 1.165) is 4.88 Å². The van der Waals surface area contributed by atoms with Gasteiger partial charge in [-0.15, -0.1) is 24.5 Å². The molecule has 0 amide bonds. The smallest absolute Gasteiger partial charge is 0.404 e. The van der Waals surface area contributed by atoms with Crippen LogP contribution in [0.15, 0.2) is 40.2 Å². The maximum Gasteiger partial charge on any atom is 0.573 e. The fraction of sp³-hybridized carbons (Fsp3) is 0.231. The molecule has 2 aromatic rings. The molecule has 1 N–H and O–H groups in total. The maximum atomic E-state index is 12.4. The Hall–Kier alpha value is -1.21. The number of benzene rings is 1. The predicted octanol–water partition coefficient (Wildman–Crippen LogP) is 5.58. The molecule has 1 unspecified atom stereocenters. The molecule has 0 saturated carbocycles. The van der Waals surface area contributed by atoms with E-state index < -0.39 is 6.36 Å². The van der Waals surface area contributed by atoms with Crippen LogP contribution in [0, 0.1) is 0 Å². The Bertz CT molecular complexity index is 571. The topological polar surface area (TPSA) is 21.3 Å². The third-order valence-corrected chi connectivity index (χ3v) is 4.06. The molecular weight excluding hydrogens is 355 g/mol. The number of nitrogens with one attached hydrogen (secondary N) is 1. The van der Waals surface area contributed by atoms with Gasteiger partial charge >= 0.3 is 6.36 Å². The predicted molar refractivity (Wildman–Crippen MR) is 77.2 cm³/mol. The van der Waals surface area contributed by atoms with Gasteiger partial charge in [0, 0.05) is 9.35 Å². The normalized spacial score (nSPS) is 13.1. The molecule has 0 radical (unpaired) electrons. The van der Waals surface area contributed by atoms with Gasteiger partial charge in [0.15, 0.2) is 5.75 Å². The van der Waals surface area contributed by atoms with E-state index in [1.807, 2.05) is 24.4 Å². The molecule has 0 saturated heterocycles. The van der Waals surface area contributed by atoms with E-state index in [9.17, 15) is 13.2 Å². The fourth-order valence-electron chi connectivity index (χ4n) is 1.67. The fourth-order valence-corrected chi connectivity index (χ4v) is 2.74. The van der Waals surface area contributed by atoms with Crippen LogP contribution in [0.1, 0.15) is 17.8 Å². The highest BCUT2D eigenvalue weighted by molar-refractivity contribution is 9.10. The Labute approximate surface area is 126 Å². The molecular formula is C13H11BrF3NOS. The Balaban J connectivity index is 2.22. The summed E-state index contributed by atoms with van der Waals surface area (Å²) in [6.07, 6.45) is -4.72. The van der Waals surface area contributed by atoms with Gasteiger partial charge in [-0.1, -0.05) is 22.0 Å². The number of alkyl halides is 3. The summed E-state index contributed by atoms with van der Waals surface area (Å²) >= 11 is 4.67. The number of hydrogen-bond donors (Lipinski definition) is 1. The van der Waals surface area contributed by atoms with E-state index in [-0.39, 0.29) is 11.8 Å². The summed E-state index contributed by atoms with van der Waals surface area (Å²) in [4.78, 5) is 1.03. The summed E-state index contributed by atoms with van der Waals surface area (Å²) in [6, 6.07) is 8.21. The van der Waals surface area contributed by atoms with Crippen molar-refractivity contribution in [1.82, 2.24) is 0 Å². The molecule has 0 bridgehead atoms. The number of thiophene rings is 1. The summed E-state index contributed by atoms with van der Waals surface area (Å²) in [5, 5.41) is 4.95. The van der Waals surface area contributed by atoms with Gasteiger partial charge in [0.05, 0.1) is 11.7 Å². The van der Waals surface area contributed by atoms with E-state index in [1.54, 1.807) is 12.1 Å². The molecule has 0 fully saturated rings. The highest BCUT2D eigenvalue weighted by Crippen LogP contribution is 2.35. The lowest BCUT2D eigenvalue weighted by molar-refractivity contribution is -0.274. The van der Waals surface area contributed by atoms with Gasteiger partial charge in [-0.3, -0.25) is 0 Å². The van der Waals surface area contributed by atoms with Gasteiger partial charge in [0.2, 0.25) is 0 Å². The zero-order valence-corrected chi connectivity index (χ0v) is 12.8. The Morgan fingerprint density at radius 2 is 2.05 bits per heavy atom. The summed E-state index contributed by atoms with van der Waals surface area (Å²) in [5.41, 5.74) is 0.298. The van der Waals surface area contributed by atoms with Crippen LogP contribution < -0.4 is 10.1 Å². The Kier molecular flexibility index (Phi) is 4.59. The quantitative estimate of drug-likeness (QED) is 0.763. The van der Waals surface area contributed by atoms with Crippen LogP contribution in [-0.2, 0) is 0 Å². The van der Waals surface area contributed by atoms with E-state index in [1.165, 1.54) is 17.4 Å². The van der Waals surface area contributed by atoms with Gasteiger partial charge in [0.1, 0.15) is 0 Å². The van der Waals surface area contributed by atoms with Gasteiger partial charge < -0.3 is 10.1 Å². The SMILES string of the molecule is CC(Nc1ccc(Br)cc1OC(F)(F)F)c1cccs1. The minimum Gasteiger partial charge on any atom is -0.404 e. The van der Waals surface area contributed by atoms with Crippen LogP contribution in [0.3, 0.4) is 0 Å². The van der Waals surface area contributed by atoms with Crippen LogP contribution in [0.25, 0.3) is 0 Å². The first kappa shape index (κ1) is 15.2. The van der Waals surface area contributed by atoms with Crippen LogP contribution in [0.2, 0.25) is 0 Å². The summed E-state index contributed by atoms with van der Waals surface area (Å²) in [7, 11) is 0. The monoisotopic (exact) mass is 365 g/mol. The Morgan fingerprint density at radius 3 is 2.65 bits per heavy atom. The standard InChI is InChI=1S/C13H11BrF3NOS/c1-8(12-3-2-6-20-12)18-10-5-4-9(14)7-11(10)19-13(15,16)17/h2-8,18H,1H3. The molecule has 2 nitrogen and oxygen atoms in total. The molecule has 0 aliphatic rings. The lowest BCUT2D eigenvalue weighted by atomic mass is 10.2. The van der Waals surface area contributed by atoms with E-state index in [0.29, 0.717) is 10.2 Å². The molecule has 1 atom stereocenters. The third-order valence-electron chi connectivity index (χ3n) is 2.51. The highest BCUT2D eigenvalue weighted by Gasteiger charge is 2.32. The largest absolute Gasteiger partial charge is 0.573 e. The number of rotatable bonds is 4. The van der Waals surface area contributed by atoms with Gasteiger partial charge in [0.25, 0.3) is 0 Å². The summed E-state index contributed by atoms with van der Waals surface area (Å²) in [6.45, 7) is 1.88. The van der Waals surface area contributed by atoms with E-state index in [2.05, 4.69) is 26.0 Å². The molecule has 0 aliphatic carbocycles. The van der Waals surface area contributed by atoms with Gasteiger partial charge in [-0.25, -0.2) is 0 Å². The van der Waals surface area contributed by atoms with Gasteiger partial charge in [-0.2, -0.15) is 0 Å². The van der Waals surface area contributed by atoms with Crippen molar-refractivity contribution in [3.8, 4) is 5.75 Å². The average Bonchev–Trinajstić information content (AvgIpc) is 2.84. The average molecular weight is 366 g/mol. The van der Waals surface area contributed by atoms with Crippen molar-refractivity contribution in [3.05, 3.63) is 45.1 Å². The summed E-state index contributed by atoms with van der Waals surface area (Å²) < 4.78 is 41.8. The van der Waals surface area contributed by atoms with Crippen LogP contribution in [-0.4, -0.2) is 6.36 Å². The molecule has 108 valence electrons. The second kappa shape index (κ2) is 6.05. The molecule has 1 aromatic heterocycles. The van der Waals surface area contributed by atoms with Crippen molar-refractivity contribution in [2.24, 2.45) is 0 Å².